The zero-order valence-corrected chi connectivity index (χ0v) is 10.9. The highest BCUT2D eigenvalue weighted by atomic mass is 19.1. The van der Waals surface area contributed by atoms with E-state index in [4.69, 9.17) is 4.74 Å². The average Bonchev–Trinajstić information content (AvgIpc) is 2.41. The number of hydrogen-bond acceptors (Lipinski definition) is 3. The van der Waals surface area contributed by atoms with Gasteiger partial charge in [-0.2, -0.15) is 0 Å². The monoisotopic (exact) mass is 261 g/mol. The maximum absolute atomic E-state index is 13.2. The first-order chi connectivity index (χ1) is 9.11. The van der Waals surface area contributed by atoms with Crippen LogP contribution in [-0.4, -0.2) is 12.2 Å². The fourth-order valence-electron chi connectivity index (χ4n) is 1.84. The molecule has 0 unspecified atom stereocenters. The molecule has 0 amide bonds. The third-order valence-corrected chi connectivity index (χ3v) is 2.90. The van der Waals surface area contributed by atoms with Gasteiger partial charge in [-0.05, 0) is 30.7 Å². The number of aromatic hydroxyl groups is 1. The van der Waals surface area contributed by atoms with E-state index >= 15 is 0 Å². The second-order valence-electron chi connectivity index (χ2n) is 4.30. The fourth-order valence-corrected chi connectivity index (χ4v) is 1.84. The van der Waals surface area contributed by atoms with Crippen LogP contribution in [-0.2, 0) is 6.54 Å². The van der Waals surface area contributed by atoms with Crippen molar-refractivity contribution in [2.24, 2.45) is 0 Å². The molecular formula is C15H16FNO2. The van der Waals surface area contributed by atoms with Gasteiger partial charge in [-0.25, -0.2) is 4.39 Å². The van der Waals surface area contributed by atoms with Crippen LogP contribution in [0.3, 0.4) is 0 Å². The Morgan fingerprint density at radius 1 is 1.26 bits per heavy atom. The molecule has 0 aromatic heterocycles. The number of rotatable bonds is 4. The third kappa shape index (κ3) is 2.96. The Balaban J connectivity index is 2.17. The zero-order chi connectivity index (χ0) is 13.8. The lowest BCUT2D eigenvalue weighted by atomic mass is 10.1. The average molecular weight is 261 g/mol. The van der Waals surface area contributed by atoms with E-state index in [1.165, 1.54) is 6.07 Å². The molecule has 3 nitrogen and oxygen atoms in total. The maximum atomic E-state index is 13.2. The lowest BCUT2D eigenvalue weighted by Gasteiger charge is -2.12. The van der Waals surface area contributed by atoms with Crippen molar-refractivity contribution in [1.82, 2.24) is 0 Å². The molecule has 19 heavy (non-hydrogen) atoms. The van der Waals surface area contributed by atoms with E-state index in [-0.39, 0.29) is 5.75 Å². The van der Waals surface area contributed by atoms with Crippen LogP contribution >= 0.6 is 0 Å². The van der Waals surface area contributed by atoms with Crippen LogP contribution in [0, 0.1) is 12.7 Å². The van der Waals surface area contributed by atoms with E-state index in [2.05, 4.69) is 5.32 Å². The van der Waals surface area contributed by atoms with Crippen molar-refractivity contribution in [2.45, 2.75) is 13.5 Å². The predicted molar refractivity (Wildman–Crippen MR) is 73.1 cm³/mol. The molecule has 0 spiro atoms. The molecule has 0 bridgehead atoms. The summed E-state index contributed by atoms with van der Waals surface area (Å²) in [6.45, 7) is 2.30. The van der Waals surface area contributed by atoms with Crippen molar-refractivity contribution in [3.8, 4) is 11.5 Å². The molecule has 100 valence electrons. The zero-order valence-electron chi connectivity index (χ0n) is 10.9. The van der Waals surface area contributed by atoms with Crippen molar-refractivity contribution in [2.75, 3.05) is 12.4 Å². The lowest BCUT2D eigenvalue weighted by Crippen LogP contribution is -2.02. The van der Waals surface area contributed by atoms with Gasteiger partial charge in [-0.15, -0.1) is 0 Å². The van der Waals surface area contributed by atoms with Crippen LogP contribution in [0.15, 0.2) is 36.4 Å². The molecule has 4 heteroatoms. The summed E-state index contributed by atoms with van der Waals surface area (Å²) in [5.74, 6) is -0.216. The number of phenolic OH excluding ortho intramolecular Hbond substituents is 1. The fraction of sp³-hybridized carbons (Fsp3) is 0.200. The highest BCUT2D eigenvalue weighted by Crippen LogP contribution is 2.27. The largest absolute Gasteiger partial charge is 0.505 e. The van der Waals surface area contributed by atoms with Crippen molar-refractivity contribution in [1.29, 1.82) is 0 Å². The smallest absolute Gasteiger partial charge is 0.165 e. The molecule has 0 radical (unpaired) electrons. The Bertz CT molecular complexity index is 584. The molecule has 2 N–H and O–H groups in total. The van der Waals surface area contributed by atoms with Crippen LogP contribution in [0.5, 0.6) is 11.5 Å². The van der Waals surface area contributed by atoms with E-state index in [0.717, 1.165) is 17.0 Å². The molecular weight excluding hydrogens is 245 g/mol. The Morgan fingerprint density at radius 2 is 2.05 bits per heavy atom. The predicted octanol–water partition coefficient (Wildman–Crippen LogP) is 3.46. The van der Waals surface area contributed by atoms with Crippen LogP contribution in [0.2, 0.25) is 0 Å². The first-order valence-electron chi connectivity index (χ1n) is 5.96. The molecule has 0 saturated carbocycles. The molecule has 0 heterocycles. The van der Waals surface area contributed by atoms with Gasteiger partial charge in [0, 0.05) is 12.1 Å². The van der Waals surface area contributed by atoms with Gasteiger partial charge in [-0.3, -0.25) is 0 Å². The number of aryl methyl sites for hydroxylation is 1. The first-order valence-corrected chi connectivity index (χ1v) is 5.96. The topological polar surface area (TPSA) is 41.5 Å². The van der Waals surface area contributed by atoms with E-state index in [0.29, 0.717) is 12.1 Å². The second kappa shape index (κ2) is 5.61. The van der Waals surface area contributed by atoms with Crippen molar-refractivity contribution in [3.63, 3.8) is 0 Å². The molecule has 0 aliphatic carbocycles. The van der Waals surface area contributed by atoms with Crippen molar-refractivity contribution < 1.29 is 14.2 Å². The van der Waals surface area contributed by atoms with E-state index in [9.17, 15) is 9.50 Å². The Hall–Kier alpha value is -2.23. The summed E-state index contributed by atoms with van der Waals surface area (Å²) in [6, 6.07) is 10.2. The summed E-state index contributed by atoms with van der Waals surface area (Å²) >= 11 is 0. The van der Waals surface area contributed by atoms with E-state index in [1.54, 1.807) is 19.2 Å². The number of ether oxygens (including phenoxy) is 1. The van der Waals surface area contributed by atoms with Gasteiger partial charge in [0.2, 0.25) is 0 Å². The van der Waals surface area contributed by atoms with Crippen molar-refractivity contribution in [3.05, 3.63) is 53.3 Å². The number of phenols is 1. The molecule has 0 atom stereocenters. The summed E-state index contributed by atoms with van der Waals surface area (Å²) in [5.41, 5.74) is 2.40. The minimum absolute atomic E-state index is 0.318. The van der Waals surface area contributed by atoms with Gasteiger partial charge in [0.1, 0.15) is 5.75 Å². The van der Waals surface area contributed by atoms with Crippen LogP contribution in [0.1, 0.15) is 11.1 Å². The third-order valence-electron chi connectivity index (χ3n) is 2.90. The van der Waals surface area contributed by atoms with Gasteiger partial charge < -0.3 is 15.2 Å². The molecule has 2 aromatic carbocycles. The number of anilines is 1. The minimum Gasteiger partial charge on any atom is -0.505 e. The van der Waals surface area contributed by atoms with Gasteiger partial charge in [-0.1, -0.05) is 18.2 Å². The summed E-state index contributed by atoms with van der Waals surface area (Å²) in [6.07, 6.45) is 0. The van der Waals surface area contributed by atoms with Gasteiger partial charge >= 0.3 is 0 Å². The van der Waals surface area contributed by atoms with Gasteiger partial charge in [0.05, 0.1) is 12.8 Å². The highest BCUT2D eigenvalue weighted by Gasteiger charge is 2.08. The molecule has 2 rings (SSSR count). The number of nitrogens with one attached hydrogen (secondary N) is 1. The van der Waals surface area contributed by atoms with Crippen molar-refractivity contribution >= 4 is 5.69 Å². The van der Waals surface area contributed by atoms with E-state index < -0.39 is 5.82 Å². The SMILES string of the molecule is COc1cc(C)ccc1NCc1cccc(F)c1O. The quantitative estimate of drug-likeness (QED) is 0.885. The summed E-state index contributed by atoms with van der Waals surface area (Å²) in [4.78, 5) is 0. The Morgan fingerprint density at radius 3 is 2.79 bits per heavy atom. The van der Waals surface area contributed by atoms with Crippen LogP contribution in [0.4, 0.5) is 10.1 Å². The summed E-state index contributed by atoms with van der Waals surface area (Å²) in [7, 11) is 1.60. The first kappa shape index (κ1) is 13.2. The van der Waals surface area contributed by atoms with Crippen LogP contribution in [0.25, 0.3) is 0 Å². The number of benzene rings is 2. The molecule has 0 fully saturated rings. The second-order valence-corrected chi connectivity index (χ2v) is 4.30. The van der Waals surface area contributed by atoms with Gasteiger partial charge in [0.15, 0.2) is 11.6 Å². The molecule has 2 aromatic rings. The lowest BCUT2D eigenvalue weighted by molar-refractivity contribution is 0.415. The maximum Gasteiger partial charge on any atom is 0.165 e. The van der Waals surface area contributed by atoms with E-state index in [1.807, 2.05) is 25.1 Å². The number of hydrogen-bond donors (Lipinski definition) is 2. The standard InChI is InChI=1S/C15H16FNO2/c1-10-6-7-13(14(8-10)19-2)17-9-11-4-3-5-12(16)15(11)18/h3-8,17-18H,9H2,1-2H3. The number of halogens is 1. The Kier molecular flexibility index (Phi) is 3.90. The minimum atomic E-state index is -0.616. The number of methoxy groups -OCH3 is 1. The van der Waals surface area contributed by atoms with Gasteiger partial charge in [0.25, 0.3) is 0 Å². The molecule has 0 aliphatic rings. The summed E-state index contributed by atoms with van der Waals surface area (Å²) in [5, 5.41) is 12.7. The number of para-hydroxylation sites is 1. The molecule has 0 saturated heterocycles. The summed E-state index contributed by atoms with van der Waals surface area (Å²) < 4.78 is 18.5. The molecule has 0 aliphatic heterocycles. The Labute approximate surface area is 111 Å². The normalized spacial score (nSPS) is 10.3. The van der Waals surface area contributed by atoms with Crippen LogP contribution < -0.4 is 10.1 Å². The highest BCUT2D eigenvalue weighted by molar-refractivity contribution is 5.58.